The summed E-state index contributed by atoms with van der Waals surface area (Å²) in [6.07, 6.45) is 15.5. The summed E-state index contributed by atoms with van der Waals surface area (Å²) in [7, 11) is 0. The predicted molar refractivity (Wildman–Crippen MR) is 141 cm³/mol. The highest BCUT2D eigenvalue weighted by Gasteiger charge is 2.25. The fourth-order valence-electron chi connectivity index (χ4n) is 4.77. The molecule has 0 saturated heterocycles. The number of pyridine rings is 4. The van der Waals surface area contributed by atoms with E-state index in [0.29, 0.717) is 5.69 Å². The maximum absolute atomic E-state index is 12.4. The molecule has 0 atom stereocenters. The second-order valence-corrected chi connectivity index (χ2v) is 9.34. The topological polar surface area (TPSA) is 125 Å². The summed E-state index contributed by atoms with van der Waals surface area (Å²) in [5, 5.41) is 12.6. The van der Waals surface area contributed by atoms with E-state index in [1.54, 1.807) is 24.8 Å². The summed E-state index contributed by atoms with van der Waals surface area (Å²) in [6.45, 7) is 0. The van der Waals surface area contributed by atoms with Crippen LogP contribution in [0.4, 0.5) is 5.69 Å². The molecule has 0 aliphatic heterocycles. The van der Waals surface area contributed by atoms with Crippen LogP contribution in [0.25, 0.3) is 55.6 Å². The molecule has 0 aromatic carbocycles. The molecular formula is C28H22N8O. The summed E-state index contributed by atoms with van der Waals surface area (Å²) in [6, 6.07) is 9.93. The SMILES string of the molecule is O=C(Nc1cncc(-c2cc3c(-c4cc5c(-c6cccnc6)cncc5[nH]4)n[nH]c3cn2)c1)C1CCC1. The Labute approximate surface area is 211 Å². The number of carbonyl (C=O) groups is 1. The van der Waals surface area contributed by atoms with Crippen LogP contribution >= 0.6 is 0 Å². The lowest BCUT2D eigenvalue weighted by Gasteiger charge is -2.24. The maximum atomic E-state index is 12.4. The lowest BCUT2D eigenvalue weighted by molar-refractivity contribution is -0.122. The quantitative estimate of drug-likeness (QED) is 0.301. The van der Waals surface area contributed by atoms with E-state index in [2.05, 4.69) is 46.5 Å². The van der Waals surface area contributed by atoms with Crippen molar-refractivity contribution in [1.29, 1.82) is 0 Å². The lowest BCUT2D eigenvalue weighted by Crippen LogP contribution is -2.28. The highest BCUT2D eigenvalue weighted by atomic mass is 16.1. The largest absolute Gasteiger partial charge is 0.352 e. The number of hydrogen-bond acceptors (Lipinski definition) is 6. The second kappa shape index (κ2) is 8.63. The van der Waals surface area contributed by atoms with Crippen molar-refractivity contribution in [2.75, 3.05) is 5.32 Å². The Morgan fingerprint density at radius 1 is 0.892 bits per heavy atom. The highest BCUT2D eigenvalue weighted by Crippen LogP contribution is 2.34. The molecule has 1 saturated carbocycles. The number of nitrogens with one attached hydrogen (secondary N) is 3. The smallest absolute Gasteiger partial charge is 0.227 e. The molecule has 7 rings (SSSR count). The van der Waals surface area contributed by atoms with Gasteiger partial charge in [-0.1, -0.05) is 12.5 Å². The van der Waals surface area contributed by atoms with E-state index < -0.39 is 0 Å². The zero-order chi connectivity index (χ0) is 24.8. The monoisotopic (exact) mass is 486 g/mol. The summed E-state index contributed by atoms with van der Waals surface area (Å²) < 4.78 is 0. The van der Waals surface area contributed by atoms with Crippen molar-refractivity contribution in [3.05, 3.63) is 73.7 Å². The number of anilines is 1. The Morgan fingerprint density at radius 2 is 1.78 bits per heavy atom. The number of rotatable bonds is 5. The first kappa shape index (κ1) is 21.4. The van der Waals surface area contributed by atoms with Crippen molar-refractivity contribution >= 4 is 33.4 Å². The molecule has 0 radical (unpaired) electrons. The van der Waals surface area contributed by atoms with Gasteiger partial charge in [-0.05, 0) is 37.1 Å². The van der Waals surface area contributed by atoms with Gasteiger partial charge in [0.05, 0.1) is 46.7 Å². The van der Waals surface area contributed by atoms with Gasteiger partial charge in [-0.15, -0.1) is 0 Å². The minimum Gasteiger partial charge on any atom is -0.352 e. The third-order valence-corrected chi connectivity index (χ3v) is 7.00. The van der Waals surface area contributed by atoms with Crippen LogP contribution in [0.1, 0.15) is 19.3 Å². The van der Waals surface area contributed by atoms with E-state index >= 15 is 0 Å². The van der Waals surface area contributed by atoms with E-state index in [-0.39, 0.29) is 11.8 Å². The lowest BCUT2D eigenvalue weighted by atomic mass is 9.85. The van der Waals surface area contributed by atoms with Crippen LogP contribution in [0.5, 0.6) is 0 Å². The molecule has 6 aromatic heterocycles. The zero-order valence-electron chi connectivity index (χ0n) is 19.8. The molecule has 0 bridgehead atoms. The molecule has 6 heterocycles. The number of aromatic amines is 2. The number of amides is 1. The normalized spacial score (nSPS) is 13.6. The molecule has 0 unspecified atom stereocenters. The van der Waals surface area contributed by atoms with Crippen LogP contribution in [0.15, 0.2) is 73.7 Å². The predicted octanol–water partition coefficient (Wildman–Crippen LogP) is 5.36. The Bertz CT molecular complexity index is 1770. The number of H-pyrrole nitrogens is 2. The summed E-state index contributed by atoms with van der Waals surface area (Å²) in [5.74, 6) is 0.168. The Morgan fingerprint density at radius 3 is 2.62 bits per heavy atom. The molecule has 1 fully saturated rings. The molecule has 6 aromatic rings. The molecular weight excluding hydrogens is 464 g/mol. The molecule has 1 aliphatic carbocycles. The summed E-state index contributed by atoms with van der Waals surface area (Å²) in [4.78, 5) is 33.5. The van der Waals surface area contributed by atoms with E-state index in [9.17, 15) is 4.79 Å². The summed E-state index contributed by atoms with van der Waals surface area (Å²) >= 11 is 0. The standard InChI is InChI=1S/C28H22N8O/c37-28(16-3-1-4-16)33-19-7-18(11-30-12-19)23-9-21-26(15-32-23)35-36-27(21)24-8-20-22(13-31-14-25(20)34-24)17-5-2-6-29-10-17/h2,5-16,34H,1,3-4H2,(H,33,37)(H,35,36). The van der Waals surface area contributed by atoms with Gasteiger partial charge in [-0.3, -0.25) is 29.8 Å². The van der Waals surface area contributed by atoms with Gasteiger partial charge in [0.15, 0.2) is 0 Å². The van der Waals surface area contributed by atoms with Crippen LogP contribution in [0.2, 0.25) is 0 Å². The zero-order valence-corrected chi connectivity index (χ0v) is 19.8. The molecule has 9 nitrogen and oxygen atoms in total. The number of fused-ring (bicyclic) bond motifs is 2. The molecule has 0 spiro atoms. The number of aromatic nitrogens is 7. The van der Waals surface area contributed by atoms with Gasteiger partial charge < -0.3 is 10.3 Å². The third kappa shape index (κ3) is 3.81. The van der Waals surface area contributed by atoms with Gasteiger partial charge in [0.2, 0.25) is 5.91 Å². The molecule has 1 amide bonds. The van der Waals surface area contributed by atoms with Crippen LogP contribution in [-0.4, -0.2) is 41.0 Å². The molecule has 9 heteroatoms. The van der Waals surface area contributed by atoms with Gasteiger partial charge in [-0.25, -0.2) is 0 Å². The number of carbonyl (C=O) groups excluding carboxylic acids is 1. The van der Waals surface area contributed by atoms with Crippen molar-refractivity contribution in [3.8, 4) is 33.8 Å². The minimum absolute atomic E-state index is 0.0599. The van der Waals surface area contributed by atoms with Gasteiger partial charge >= 0.3 is 0 Å². The van der Waals surface area contributed by atoms with Gasteiger partial charge in [0, 0.05) is 58.2 Å². The molecule has 180 valence electrons. The first-order valence-corrected chi connectivity index (χ1v) is 12.2. The number of nitrogens with zero attached hydrogens (tertiary/aromatic N) is 5. The summed E-state index contributed by atoms with van der Waals surface area (Å²) in [5.41, 5.74) is 7.64. The van der Waals surface area contributed by atoms with E-state index in [1.807, 2.05) is 42.9 Å². The number of hydrogen-bond donors (Lipinski definition) is 3. The van der Waals surface area contributed by atoms with Crippen LogP contribution in [0.3, 0.4) is 0 Å². The third-order valence-electron chi connectivity index (χ3n) is 7.00. The van der Waals surface area contributed by atoms with Crippen LogP contribution < -0.4 is 5.32 Å². The van der Waals surface area contributed by atoms with Gasteiger partial charge in [-0.2, -0.15) is 5.10 Å². The molecule has 37 heavy (non-hydrogen) atoms. The van der Waals surface area contributed by atoms with E-state index in [1.165, 1.54) is 0 Å². The maximum Gasteiger partial charge on any atom is 0.227 e. The minimum atomic E-state index is 0.0599. The van der Waals surface area contributed by atoms with E-state index in [4.69, 9.17) is 0 Å². The van der Waals surface area contributed by atoms with Crippen LogP contribution in [0, 0.1) is 5.92 Å². The van der Waals surface area contributed by atoms with Crippen molar-refractivity contribution in [1.82, 2.24) is 35.1 Å². The fraction of sp³-hybridized carbons (Fsp3) is 0.143. The highest BCUT2D eigenvalue weighted by molar-refractivity contribution is 6.01. The Kier molecular flexibility index (Phi) is 4.99. The fourth-order valence-corrected chi connectivity index (χ4v) is 4.77. The second-order valence-electron chi connectivity index (χ2n) is 9.34. The van der Waals surface area contributed by atoms with Crippen LogP contribution in [-0.2, 0) is 4.79 Å². The van der Waals surface area contributed by atoms with Crippen molar-refractivity contribution < 1.29 is 4.79 Å². The van der Waals surface area contributed by atoms with Crippen molar-refractivity contribution in [3.63, 3.8) is 0 Å². The molecule has 1 aliphatic rings. The average Bonchev–Trinajstić information content (AvgIpc) is 3.52. The van der Waals surface area contributed by atoms with Crippen molar-refractivity contribution in [2.24, 2.45) is 5.92 Å². The Balaban J connectivity index is 1.26. The van der Waals surface area contributed by atoms with E-state index in [0.717, 1.165) is 74.8 Å². The first-order chi connectivity index (χ1) is 18.2. The van der Waals surface area contributed by atoms with Gasteiger partial charge in [0.1, 0.15) is 5.69 Å². The van der Waals surface area contributed by atoms with Gasteiger partial charge in [0.25, 0.3) is 0 Å². The Hall–Kier alpha value is -4.92. The molecule has 3 N–H and O–H groups in total. The first-order valence-electron chi connectivity index (χ1n) is 12.2. The average molecular weight is 487 g/mol. The van der Waals surface area contributed by atoms with Crippen molar-refractivity contribution in [2.45, 2.75) is 19.3 Å².